The van der Waals surface area contributed by atoms with Gasteiger partial charge < -0.3 is 5.32 Å². The minimum Gasteiger partial charge on any atom is -0.350 e. The molecule has 146 valence electrons. The zero-order valence-corrected chi connectivity index (χ0v) is 17.0. The van der Waals surface area contributed by atoms with Crippen LogP contribution < -0.4 is 10.0 Å². The van der Waals surface area contributed by atoms with Crippen molar-refractivity contribution in [3.8, 4) is 0 Å². The van der Waals surface area contributed by atoms with Crippen molar-refractivity contribution in [1.29, 1.82) is 0 Å². The number of halogens is 3. The summed E-state index contributed by atoms with van der Waals surface area (Å²) in [6, 6.07) is 6.22. The van der Waals surface area contributed by atoms with Crippen LogP contribution in [-0.2, 0) is 10.0 Å². The van der Waals surface area contributed by atoms with Crippen molar-refractivity contribution in [3.05, 3.63) is 51.9 Å². The molecular formula is C18H15Cl2FN4O2S. The molecule has 6 nitrogen and oxygen atoms in total. The number of rotatable bonds is 5. The fourth-order valence-electron chi connectivity index (χ4n) is 2.82. The number of fused-ring (bicyclic) bond motifs is 1. The van der Waals surface area contributed by atoms with Gasteiger partial charge in [0.2, 0.25) is 10.0 Å². The molecule has 28 heavy (non-hydrogen) atoms. The number of sulfonamides is 1. The zero-order valence-electron chi connectivity index (χ0n) is 14.6. The monoisotopic (exact) mass is 440 g/mol. The van der Waals surface area contributed by atoms with Gasteiger partial charge in [0.25, 0.3) is 0 Å². The minimum atomic E-state index is -3.62. The molecule has 0 atom stereocenters. The number of aryl methyl sites for hydroxylation is 1. The van der Waals surface area contributed by atoms with E-state index >= 15 is 4.39 Å². The second-order valence-corrected chi connectivity index (χ2v) is 9.44. The van der Waals surface area contributed by atoms with Crippen molar-refractivity contribution in [2.45, 2.75) is 25.0 Å². The summed E-state index contributed by atoms with van der Waals surface area (Å²) in [7, 11) is -3.62. The molecular weight excluding hydrogens is 426 g/mol. The van der Waals surface area contributed by atoms with Gasteiger partial charge in [-0.15, -0.1) is 5.10 Å². The number of nitrogens with one attached hydrogen (secondary N) is 2. The first kappa shape index (κ1) is 19.2. The fourth-order valence-corrected chi connectivity index (χ4v) is 4.67. The number of aromatic nitrogens is 2. The summed E-state index contributed by atoms with van der Waals surface area (Å²) in [4.78, 5) is 0. The van der Waals surface area contributed by atoms with Crippen LogP contribution in [0, 0.1) is 12.7 Å². The SMILES string of the molecule is Cc1cnnc2c(F)c(Nc3ccc(Cl)cc3Cl)c(NS(=O)(=O)C3CC3)cc12. The fraction of sp³-hybridized carbons (Fsp3) is 0.222. The van der Waals surface area contributed by atoms with Crippen LogP contribution in [-0.4, -0.2) is 23.9 Å². The molecule has 0 aliphatic heterocycles. The Hall–Kier alpha value is -2.16. The Morgan fingerprint density at radius 2 is 1.93 bits per heavy atom. The predicted molar refractivity (Wildman–Crippen MR) is 110 cm³/mol. The highest BCUT2D eigenvalue weighted by Gasteiger charge is 2.36. The zero-order chi connectivity index (χ0) is 20.1. The van der Waals surface area contributed by atoms with Gasteiger partial charge in [-0.25, -0.2) is 12.8 Å². The summed E-state index contributed by atoms with van der Waals surface area (Å²) < 4.78 is 42.8. The second-order valence-electron chi connectivity index (χ2n) is 6.63. The van der Waals surface area contributed by atoms with E-state index in [-0.39, 0.29) is 21.9 Å². The number of nitrogens with zero attached hydrogens (tertiary/aromatic N) is 2. The number of hydrogen-bond acceptors (Lipinski definition) is 5. The smallest absolute Gasteiger partial charge is 0.235 e. The average Bonchev–Trinajstić information content (AvgIpc) is 3.46. The third kappa shape index (κ3) is 3.59. The molecule has 0 unspecified atom stereocenters. The molecule has 10 heteroatoms. The molecule has 2 N–H and O–H groups in total. The van der Waals surface area contributed by atoms with Gasteiger partial charge in [0, 0.05) is 10.4 Å². The van der Waals surface area contributed by atoms with Gasteiger partial charge >= 0.3 is 0 Å². The number of benzene rings is 2. The van der Waals surface area contributed by atoms with Crippen LogP contribution in [0.1, 0.15) is 18.4 Å². The lowest BCUT2D eigenvalue weighted by Crippen LogP contribution is -2.18. The van der Waals surface area contributed by atoms with E-state index in [1.807, 2.05) is 0 Å². The Morgan fingerprint density at radius 1 is 1.18 bits per heavy atom. The molecule has 1 aliphatic rings. The lowest BCUT2D eigenvalue weighted by Gasteiger charge is -2.17. The molecule has 1 fully saturated rings. The van der Waals surface area contributed by atoms with Crippen molar-refractivity contribution in [2.24, 2.45) is 0 Å². The molecule has 4 rings (SSSR count). The summed E-state index contributed by atoms with van der Waals surface area (Å²) >= 11 is 12.1. The highest BCUT2D eigenvalue weighted by molar-refractivity contribution is 7.93. The summed E-state index contributed by atoms with van der Waals surface area (Å²) in [6.45, 7) is 1.75. The Balaban J connectivity index is 1.88. The maximum Gasteiger partial charge on any atom is 0.235 e. The number of hydrogen-bond donors (Lipinski definition) is 2. The Kier molecular flexibility index (Phi) is 4.81. The summed E-state index contributed by atoms with van der Waals surface area (Å²) in [5.74, 6) is -0.729. The van der Waals surface area contributed by atoms with Crippen LogP contribution in [0.3, 0.4) is 0 Å². The first-order valence-corrected chi connectivity index (χ1v) is 10.7. The van der Waals surface area contributed by atoms with Crippen molar-refractivity contribution in [3.63, 3.8) is 0 Å². The Labute approximate surface area is 171 Å². The molecule has 1 aromatic heterocycles. The van der Waals surface area contributed by atoms with E-state index in [0.717, 1.165) is 0 Å². The van der Waals surface area contributed by atoms with Gasteiger partial charge in [0.05, 0.1) is 27.8 Å². The first-order chi connectivity index (χ1) is 13.3. The van der Waals surface area contributed by atoms with Gasteiger partial charge in [-0.05, 0) is 49.6 Å². The standard InChI is InChI=1S/C18H15Cl2FN4O2S/c1-9-8-22-24-17-12(9)7-15(25-28(26,27)11-3-4-11)18(16(17)21)23-14-5-2-10(19)6-13(14)20/h2,5-8,11,23,25H,3-4H2,1H3. The van der Waals surface area contributed by atoms with Crippen LogP contribution >= 0.6 is 23.2 Å². The van der Waals surface area contributed by atoms with E-state index in [1.165, 1.54) is 12.3 Å². The maximum absolute atomic E-state index is 15.3. The molecule has 1 aliphatic carbocycles. The van der Waals surface area contributed by atoms with E-state index in [4.69, 9.17) is 23.2 Å². The molecule has 0 amide bonds. The maximum atomic E-state index is 15.3. The van der Waals surface area contributed by atoms with E-state index < -0.39 is 21.1 Å². The van der Waals surface area contributed by atoms with Crippen molar-refractivity contribution < 1.29 is 12.8 Å². The molecule has 1 heterocycles. The van der Waals surface area contributed by atoms with Crippen molar-refractivity contribution in [1.82, 2.24) is 10.2 Å². The number of anilines is 3. The molecule has 2 aromatic carbocycles. The first-order valence-electron chi connectivity index (χ1n) is 8.44. The molecule has 0 saturated heterocycles. The van der Waals surface area contributed by atoms with Crippen LogP contribution in [0.2, 0.25) is 10.0 Å². The van der Waals surface area contributed by atoms with E-state index in [2.05, 4.69) is 20.2 Å². The lowest BCUT2D eigenvalue weighted by atomic mass is 10.1. The molecule has 1 saturated carbocycles. The van der Waals surface area contributed by atoms with Gasteiger partial charge in [0.1, 0.15) is 11.2 Å². The quantitative estimate of drug-likeness (QED) is 0.580. The van der Waals surface area contributed by atoms with Gasteiger partial charge in [-0.1, -0.05) is 23.2 Å². The molecule has 0 bridgehead atoms. The van der Waals surface area contributed by atoms with Gasteiger partial charge in [-0.3, -0.25) is 4.72 Å². The molecule has 3 aromatic rings. The third-order valence-corrected chi connectivity index (χ3v) is 6.88. The van der Waals surface area contributed by atoms with Crippen LogP contribution in [0.15, 0.2) is 30.5 Å². The average molecular weight is 441 g/mol. The predicted octanol–water partition coefficient (Wildman–Crippen LogP) is 5.03. The van der Waals surface area contributed by atoms with Crippen molar-refractivity contribution in [2.75, 3.05) is 10.0 Å². The normalized spacial score (nSPS) is 14.3. The highest BCUT2D eigenvalue weighted by Crippen LogP contribution is 2.39. The largest absolute Gasteiger partial charge is 0.350 e. The molecule has 0 spiro atoms. The second kappa shape index (κ2) is 7.02. The van der Waals surface area contributed by atoms with Crippen molar-refractivity contribution >= 4 is 61.2 Å². The van der Waals surface area contributed by atoms with E-state index in [0.29, 0.717) is 34.5 Å². The highest BCUT2D eigenvalue weighted by atomic mass is 35.5. The Bertz CT molecular complexity index is 1200. The third-order valence-electron chi connectivity index (χ3n) is 4.48. The Morgan fingerprint density at radius 3 is 2.61 bits per heavy atom. The summed E-state index contributed by atoms with van der Waals surface area (Å²) in [5, 5.41) is 11.2. The van der Waals surface area contributed by atoms with Crippen LogP contribution in [0.4, 0.5) is 21.5 Å². The summed E-state index contributed by atoms with van der Waals surface area (Å²) in [6.07, 6.45) is 2.66. The minimum absolute atomic E-state index is 0.0296. The van der Waals surface area contributed by atoms with Gasteiger partial charge in [-0.2, -0.15) is 5.10 Å². The van der Waals surface area contributed by atoms with Crippen LogP contribution in [0.5, 0.6) is 0 Å². The van der Waals surface area contributed by atoms with E-state index in [9.17, 15) is 8.42 Å². The summed E-state index contributed by atoms with van der Waals surface area (Å²) in [5.41, 5.74) is 1.07. The van der Waals surface area contributed by atoms with Crippen LogP contribution in [0.25, 0.3) is 10.9 Å². The van der Waals surface area contributed by atoms with E-state index in [1.54, 1.807) is 25.1 Å². The molecule has 0 radical (unpaired) electrons. The topological polar surface area (TPSA) is 84.0 Å². The lowest BCUT2D eigenvalue weighted by molar-refractivity contribution is 0.600. The van der Waals surface area contributed by atoms with Gasteiger partial charge in [0.15, 0.2) is 5.82 Å².